The van der Waals surface area contributed by atoms with E-state index >= 15 is 0 Å². The summed E-state index contributed by atoms with van der Waals surface area (Å²) in [4.78, 5) is 4.95. The Bertz CT molecular complexity index is 1900. The second-order valence-electron chi connectivity index (χ2n) is 11.5. The summed E-state index contributed by atoms with van der Waals surface area (Å²) in [5.41, 5.74) is 4.42. The standard InChI is InChI=1S/C38H33N5O/c1-27(2)38(44,34-21-20-28-22-30(19-18-29(28)23-34)35-24-40-42-41-35)36-25-43(26-39-36)37(31-12-6-3-7-13-31,32-14-8-4-9-15-32)33-16-10-5-11-17-33/h3-27,44H,1-2H3,(H,40,41,42). The molecule has 2 heterocycles. The molecular weight excluding hydrogens is 542 g/mol. The van der Waals surface area contributed by atoms with Crippen molar-refractivity contribution < 1.29 is 5.11 Å². The summed E-state index contributed by atoms with van der Waals surface area (Å²) in [5.74, 6) is -0.155. The molecule has 5 aromatic carbocycles. The van der Waals surface area contributed by atoms with E-state index in [1.807, 2.05) is 56.7 Å². The maximum Gasteiger partial charge on any atom is 0.135 e. The summed E-state index contributed by atoms with van der Waals surface area (Å²) in [6.45, 7) is 4.07. The Morgan fingerprint density at radius 1 is 0.682 bits per heavy atom. The highest BCUT2D eigenvalue weighted by atomic mass is 16.3. The molecule has 1 unspecified atom stereocenters. The predicted molar refractivity (Wildman–Crippen MR) is 174 cm³/mol. The number of fused-ring (bicyclic) bond motifs is 1. The fourth-order valence-electron chi connectivity index (χ4n) is 6.45. The van der Waals surface area contributed by atoms with Crippen molar-refractivity contribution in [3.8, 4) is 11.3 Å². The topological polar surface area (TPSA) is 79.6 Å². The molecule has 0 radical (unpaired) electrons. The zero-order valence-electron chi connectivity index (χ0n) is 24.7. The van der Waals surface area contributed by atoms with Gasteiger partial charge in [-0.3, -0.25) is 5.10 Å². The number of rotatable bonds is 8. The zero-order valence-corrected chi connectivity index (χ0v) is 24.7. The molecule has 7 rings (SSSR count). The lowest BCUT2D eigenvalue weighted by molar-refractivity contribution is 0.0279. The van der Waals surface area contributed by atoms with Gasteiger partial charge in [0.2, 0.25) is 0 Å². The number of aromatic nitrogens is 5. The maximum atomic E-state index is 12.6. The fraction of sp³-hybridized carbons (Fsp3) is 0.132. The van der Waals surface area contributed by atoms with Crippen LogP contribution in [-0.4, -0.2) is 30.1 Å². The summed E-state index contributed by atoms with van der Waals surface area (Å²) in [6, 6.07) is 43.8. The van der Waals surface area contributed by atoms with Gasteiger partial charge in [0.1, 0.15) is 16.8 Å². The molecule has 0 aliphatic rings. The van der Waals surface area contributed by atoms with Gasteiger partial charge in [-0.15, -0.1) is 5.10 Å². The monoisotopic (exact) mass is 575 g/mol. The van der Waals surface area contributed by atoms with E-state index in [1.165, 1.54) is 0 Å². The van der Waals surface area contributed by atoms with E-state index in [9.17, 15) is 5.11 Å². The van der Waals surface area contributed by atoms with Crippen LogP contribution in [0.4, 0.5) is 0 Å². The van der Waals surface area contributed by atoms with E-state index in [1.54, 1.807) is 6.20 Å². The molecular formula is C38H33N5O. The van der Waals surface area contributed by atoms with Gasteiger partial charge in [0.05, 0.1) is 12.0 Å². The van der Waals surface area contributed by atoms with Crippen molar-refractivity contribution in [3.63, 3.8) is 0 Å². The Balaban J connectivity index is 1.40. The number of nitrogens with zero attached hydrogens (tertiary/aromatic N) is 4. The van der Waals surface area contributed by atoms with Crippen LogP contribution >= 0.6 is 0 Å². The molecule has 0 spiro atoms. The SMILES string of the molecule is CC(C)C(O)(c1ccc2cc(-c3c[nH]nn3)ccc2c1)c1cn(C(c2ccccc2)(c2ccccc2)c2ccccc2)cn1. The molecule has 6 heteroatoms. The molecule has 0 saturated carbocycles. The van der Waals surface area contributed by atoms with E-state index in [-0.39, 0.29) is 5.92 Å². The summed E-state index contributed by atoms with van der Waals surface area (Å²) in [7, 11) is 0. The van der Waals surface area contributed by atoms with Gasteiger partial charge < -0.3 is 9.67 Å². The second kappa shape index (κ2) is 11.1. The first-order valence-corrected chi connectivity index (χ1v) is 14.9. The van der Waals surface area contributed by atoms with Gasteiger partial charge in [-0.1, -0.05) is 134 Å². The molecule has 2 N–H and O–H groups in total. The van der Waals surface area contributed by atoms with Crippen LogP contribution in [0, 0.1) is 5.92 Å². The van der Waals surface area contributed by atoms with E-state index in [2.05, 4.69) is 117 Å². The molecule has 0 aliphatic heterocycles. The third-order valence-corrected chi connectivity index (χ3v) is 8.76. The van der Waals surface area contributed by atoms with Crippen molar-refractivity contribution in [1.29, 1.82) is 0 Å². The van der Waals surface area contributed by atoms with E-state index < -0.39 is 11.1 Å². The van der Waals surface area contributed by atoms with Gasteiger partial charge in [-0.2, -0.15) is 0 Å². The molecule has 0 aliphatic carbocycles. The van der Waals surface area contributed by atoms with Crippen LogP contribution in [0.25, 0.3) is 22.0 Å². The van der Waals surface area contributed by atoms with E-state index in [0.29, 0.717) is 5.69 Å². The largest absolute Gasteiger partial charge is 0.378 e. The maximum absolute atomic E-state index is 12.6. The predicted octanol–water partition coefficient (Wildman–Crippen LogP) is 7.55. The Hall–Kier alpha value is -5.33. The van der Waals surface area contributed by atoms with Gasteiger partial charge in [-0.25, -0.2) is 4.98 Å². The van der Waals surface area contributed by atoms with Crippen molar-refractivity contribution >= 4 is 10.8 Å². The first-order valence-electron chi connectivity index (χ1n) is 14.9. The number of hydrogen-bond acceptors (Lipinski definition) is 4. The lowest BCUT2D eigenvalue weighted by Gasteiger charge is -2.37. The second-order valence-corrected chi connectivity index (χ2v) is 11.5. The number of aliphatic hydroxyl groups is 1. The van der Waals surface area contributed by atoms with Gasteiger partial charge in [-0.05, 0) is 51.1 Å². The molecule has 0 amide bonds. The molecule has 0 fully saturated rings. The van der Waals surface area contributed by atoms with E-state index in [0.717, 1.165) is 44.3 Å². The Morgan fingerprint density at radius 3 is 1.80 bits per heavy atom. The van der Waals surface area contributed by atoms with Crippen molar-refractivity contribution in [2.24, 2.45) is 5.92 Å². The van der Waals surface area contributed by atoms with Crippen molar-refractivity contribution in [2.75, 3.05) is 0 Å². The minimum atomic E-state index is -1.33. The zero-order chi connectivity index (χ0) is 30.1. The minimum absolute atomic E-state index is 0.155. The van der Waals surface area contributed by atoms with Crippen molar-refractivity contribution in [3.05, 3.63) is 174 Å². The summed E-state index contributed by atoms with van der Waals surface area (Å²) < 4.78 is 2.15. The first-order chi connectivity index (χ1) is 21.5. The van der Waals surface area contributed by atoms with Crippen LogP contribution in [0.15, 0.2) is 146 Å². The smallest absolute Gasteiger partial charge is 0.135 e. The summed E-state index contributed by atoms with van der Waals surface area (Å²) >= 11 is 0. The van der Waals surface area contributed by atoms with Crippen LogP contribution < -0.4 is 0 Å². The average molecular weight is 576 g/mol. The van der Waals surface area contributed by atoms with Crippen molar-refractivity contribution in [1.82, 2.24) is 25.0 Å². The first kappa shape index (κ1) is 27.5. The van der Waals surface area contributed by atoms with Gasteiger partial charge in [0.15, 0.2) is 0 Å². The number of benzene rings is 5. The highest BCUT2D eigenvalue weighted by Gasteiger charge is 2.42. The molecule has 44 heavy (non-hydrogen) atoms. The Kier molecular flexibility index (Phi) is 6.91. The normalized spacial score (nSPS) is 13.3. The quantitative estimate of drug-likeness (QED) is 0.183. The lowest BCUT2D eigenvalue weighted by atomic mass is 9.76. The number of hydrogen-bond donors (Lipinski definition) is 2. The number of aromatic amines is 1. The lowest BCUT2D eigenvalue weighted by Crippen LogP contribution is -2.37. The molecule has 0 bridgehead atoms. The number of nitrogens with one attached hydrogen (secondary N) is 1. The molecule has 2 aromatic heterocycles. The van der Waals surface area contributed by atoms with Gasteiger partial charge >= 0.3 is 0 Å². The molecule has 7 aromatic rings. The summed E-state index contributed by atoms with van der Waals surface area (Å²) in [6.07, 6.45) is 5.66. The fourth-order valence-corrected chi connectivity index (χ4v) is 6.45. The number of imidazole rings is 1. The third kappa shape index (κ3) is 4.43. The highest BCUT2D eigenvalue weighted by Crippen LogP contribution is 2.43. The molecule has 0 saturated heterocycles. The third-order valence-electron chi connectivity index (χ3n) is 8.76. The van der Waals surface area contributed by atoms with E-state index in [4.69, 9.17) is 4.98 Å². The molecule has 6 nitrogen and oxygen atoms in total. The van der Waals surface area contributed by atoms with Crippen LogP contribution in [-0.2, 0) is 11.1 Å². The van der Waals surface area contributed by atoms with Crippen LogP contribution in [0.3, 0.4) is 0 Å². The van der Waals surface area contributed by atoms with Crippen LogP contribution in [0.5, 0.6) is 0 Å². The van der Waals surface area contributed by atoms with Crippen molar-refractivity contribution in [2.45, 2.75) is 25.0 Å². The van der Waals surface area contributed by atoms with Gasteiger partial charge in [0.25, 0.3) is 0 Å². The van der Waals surface area contributed by atoms with Gasteiger partial charge in [0, 0.05) is 18.0 Å². The molecule has 1 atom stereocenters. The average Bonchev–Trinajstić information content (AvgIpc) is 3.80. The van der Waals surface area contributed by atoms with Crippen LogP contribution in [0.1, 0.15) is 41.8 Å². The minimum Gasteiger partial charge on any atom is -0.378 e. The highest BCUT2D eigenvalue weighted by molar-refractivity contribution is 5.87. The number of H-pyrrole nitrogens is 1. The Morgan fingerprint density at radius 2 is 1.25 bits per heavy atom. The Labute approximate surface area is 256 Å². The summed E-state index contributed by atoms with van der Waals surface area (Å²) in [5, 5.41) is 25.4. The van der Waals surface area contributed by atoms with Crippen LogP contribution in [0.2, 0.25) is 0 Å². The molecule has 216 valence electrons.